The second-order valence-corrected chi connectivity index (χ2v) is 5.78. The van der Waals surface area contributed by atoms with Crippen molar-refractivity contribution in [3.63, 3.8) is 0 Å². The first-order chi connectivity index (χ1) is 9.20. The second kappa shape index (κ2) is 6.94. The van der Waals surface area contributed by atoms with E-state index in [4.69, 9.17) is 23.2 Å². The predicted molar refractivity (Wildman–Crippen MR) is 85.0 cm³/mol. The molecule has 19 heavy (non-hydrogen) atoms. The first kappa shape index (κ1) is 14.4. The summed E-state index contributed by atoms with van der Waals surface area (Å²) in [6, 6.07) is 9.17. The molecule has 0 unspecified atom stereocenters. The molecule has 1 aromatic heterocycles. The van der Waals surface area contributed by atoms with E-state index in [1.807, 2.05) is 18.2 Å². The van der Waals surface area contributed by atoms with Crippen LogP contribution >= 0.6 is 35.0 Å². The van der Waals surface area contributed by atoms with E-state index < -0.39 is 0 Å². The minimum atomic E-state index is 0.547. The van der Waals surface area contributed by atoms with Gasteiger partial charge in [-0.15, -0.1) is 11.8 Å². The molecule has 2 aromatic rings. The zero-order valence-electron chi connectivity index (χ0n) is 10.3. The van der Waals surface area contributed by atoms with Crippen molar-refractivity contribution >= 4 is 45.7 Å². The molecule has 0 aliphatic carbocycles. The lowest BCUT2D eigenvalue weighted by Crippen LogP contribution is -1.96. The Bertz CT molecular complexity index is 585. The van der Waals surface area contributed by atoms with Crippen molar-refractivity contribution < 1.29 is 0 Å². The second-order valence-electron chi connectivity index (χ2n) is 3.69. The molecule has 0 aliphatic heterocycles. The molecule has 0 N–H and O–H groups in total. The van der Waals surface area contributed by atoms with Gasteiger partial charge < -0.3 is 0 Å². The van der Waals surface area contributed by atoms with Gasteiger partial charge in [-0.25, -0.2) is 4.99 Å². The number of hydrogen-bond donors (Lipinski definition) is 0. The Labute approximate surface area is 126 Å². The van der Waals surface area contributed by atoms with E-state index in [9.17, 15) is 0 Å². The summed E-state index contributed by atoms with van der Waals surface area (Å²) < 4.78 is 0. The van der Waals surface area contributed by atoms with Crippen molar-refractivity contribution in [3.05, 3.63) is 58.3 Å². The molecule has 98 valence electrons. The number of thioether (sulfide) groups is 1. The highest BCUT2D eigenvalue weighted by molar-refractivity contribution is 8.14. The van der Waals surface area contributed by atoms with Gasteiger partial charge in [-0.2, -0.15) is 0 Å². The number of pyridine rings is 1. The van der Waals surface area contributed by atoms with Crippen LogP contribution in [0.25, 0.3) is 0 Å². The van der Waals surface area contributed by atoms with Crippen LogP contribution < -0.4 is 0 Å². The summed E-state index contributed by atoms with van der Waals surface area (Å²) in [4.78, 5) is 8.73. The molecule has 0 amide bonds. The fraction of sp³-hybridized carbons (Fsp3) is 0.143. The molecule has 0 fully saturated rings. The monoisotopic (exact) mass is 310 g/mol. The summed E-state index contributed by atoms with van der Waals surface area (Å²) in [7, 11) is 0. The smallest absolute Gasteiger partial charge is 0.106 e. The Morgan fingerprint density at radius 2 is 2.16 bits per heavy atom. The van der Waals surface area contributed by atoms with Gasteiger partial charge in [0.1, 0.15) is 5.04 Å². The summed E-state index contributed by atoms with van der Waals surface area (Å²) in [6.07, 6.45) is 3.54. The highest BCUT2D eigenvalue weighted by Gasteiger charge is 2.06. The van der Waals surface area contributed by atoms with Crippen LogP contribution in [0.1, 0.15) is 12.5 Å². The van der Waals surface area contributed by atoms with Gasteiger partial charge >= 0.3 is 0 Å². The van der Waals surface area contributed by atoms with E-state index in [1.54, 1.807) is 36.3 Å². The molecule has 2 rings (SSSR count). The number of rotatable bonds is 3. The molecule has 5 heteroatoms. The Kier molecular flexibility index (Phi) is 5.25. The van der Waals surface area contributed by atoms with E-state index in [2.05, 4.69) is 16.9 Å². The Morgan fingerprint density at radius 3 is 2.79 bits per heavy atom. The topological polar surface area (TPSA) is 25.2 Å². The normalized spacial score (nSPS) is 11.6. The van der Waals surface area contributed by atoms with Gasteiger partial charge in [0, 0.05) is 23.0 Å². The molecule has 0 atom stereocenters. The van der Waals surface area contributed by atoms with E-state index in [1.165, 1.54) is 0 Å². The van der Waals surface area contributed by atoms with Crippen molar-refractivity contribution in [3.8, 4) is 0 Å². The molecule has 1 aromatic carbocycles. The zero-order valence-corrected chi connectivity index (χ0v) is 12.6. The Hall–Kier alpha value is -1.03. The molecule has 1 heterocycles. The van der Waals surface area contributed by atoms with Gasteiger partial charge in [0.15, 0.2) is 0 Å². The van der Waals surface area contributed by atoms with Gasteiger partial charge in [0.05, 0.1) is 10.7 Å². The molecule has 0 saturated heterocycles. The van der Waals surface area contributed by atoms with Gasteiger partial charge in [-0.3, -0.25) is 4.98 Å². The summed E-state index contributed by atoms with van der Waals surface area (Å²) in [5, 5.41) is 2.06. The van der Waals surface area contributed by atoms with Gasteiger partial charge in [0.25, 0.3) is 0 Å². The highest BCUT2D eigenvalue weighted by atomic mass is 35.5. The third-order valence-electron chi connectivity index (χ3n) is 2.32. The number of halogens is 2. The van der Waals surface area contributed by atoms with Crippen LogP contribution in [-0.4, -0.2) is 15.8 Å². The molecule has 0 spiro atoms. The number of nitrogens with zero attached hydrogens (tertiary/aromatic N) is 2. The highest BCUT2D eigenvalue weighted by Crippen LogP contribution is 2.30. The third-order valence-corrected chi connectivity index (χ3v) is 3.75. The summed E-state index contributed by atoms with van der Waals surface area (Å²) in [6.45, 7) is 2.08. The number of benzene rings is 1. The van der Waals surface area contributed by atoms with Crippen molar-refractivity contribution in [1.29, 1.82) is 0 Å². The fourth-order valence-electron chi connectivity index (χ4n) is 1.49. The predicted octanol–water partition coefficient (Wildman–Crippen LogP) is 5.22. The van der Waals surface area contributed by atoms with Crippen molar-refractivity contribution in [2.45, 2.75) is 6.92 Å². The van der Waals surface area contributed by atoms with E-state index in [0.29, 0.717) is 15.7 Å². The lowest BCUT2D eigenvalue weighted by Gasteiger charge is -2.06. The molecular weight excluding hydrogens is 299 g/mol. The Balaban J connectivity index is 2.41. The van der Waals surface area contributed by atoms with E-state index >= 15 is 0 Å². The minimum absolute atomic E-state index is 0.547. The van der Waals surface area contributed by atoms with Gasteiger partial charge in [-0.05, 0) is 36.1 Å². The molecule has 0 saturated carbocycles. The first-order valence-electron chi connectivity index (χ1n) is 5.77. The average molecular weight is 311 g/mol. The number of hydrogen-bond acceptors (Lipinski definition) is 3. The van der Waals surface area contributed by atoms with Crippen LogP contribution in [0.2, 0.25) is 10.0 Å². The van der Waals surface area contributed by atoms with Crippen molar-refractivity contribution in [2.24, 2.45) is 4.99 Å². The van der Waals surface area contributed by atoms with Crippen LogP contribution in [0.5, 0.6) is 0 Å². The van der Waals surface area contributed by atoms with Crippen LogP contribution in [0.15, 0.2) is 47.7 Å². The van der Waals surface area contributed by atoms with Crippen molar-refractivity contribution in [1.82, 2.24) is 4.98 Å². The van der Waals surface area contributed by atoms with Crippen LogP contribution in [-0.2, 0) is 0 Å². The largest absolute Gasteiger partial charge is 0.264 e. The summed E-state index contributed by atoms with van der Waals surface area (Å²) >= 11 is 13.7. The van der Waals surface area contributed by atoms with E-state index in [0.717, 1.165) is 16.4 Å². The lowest BCUT2D eigenvalue weighted by atomic mass is 10.3. The van der Waals surface area contributed by atoms with Gasteiger partial charge in [0.2, 0.25) is 0 Å². The molecule has 0 aliphatic rings. The zero-order chi connectivity index (χ0) is 13.7. The first-order valence-corrected chi connectivity index (χ1v) is 7.52. The lowest BCUT2D eigenvalue weighted by molar-refractivity contribution is 1.32. The maximum absolute atomic E-state index is 6.14. The van der Waals surface area contributed by atoms with Crippen LogP contribution in [0, 0.1) is 0 Å². The van der Waals surface area contributed by atoms with E-state index in [-0.39, 0.29) is 0 Å². The standard InChI is InChI=1S/C14H12Cl2N2S/c1-2-19-14(10-4-3-7-17-9-10)18-13-6-5-11(15)8-12(13)16/h3-9H,2H2,1H3. The number of aromatic nitrogens is 1. The van der Waals surface area contributed by atoms with Crippen molar-refractivity contribution in [2.75, 3.05) is 5.75 Å². The maximum Gasteiger partial charge on any atom is 0.106 e. The third kappa shape index (κ3) is 3.96. The summed E-state index contributed by atoms with van der Waals surface area (Å²) in [5.41, 5.74) is 1.70. The SMILES string of the molecule is CCSC(=Nc1ccc(Cl)cc1Cl)c1cccnc1. The maximum atomic E-state index is 6.14. The quantitative estimate of drug-likeness (QED) is 0.573. The Morgan fingerprint density at radius 1 is 1.32 bits per heavy atom. The average Bonchev–Trinajstić information content (AvgIpc) is 2.42. The minimum Gasteiger partial charge on any atom is -0.264 e. The molecular formula is C14H12Cl2N2S. The fourth-order valence-corrected chi connectivity index (χ4v) is 2.66. The molecule has 0 bridgehead atoms. The van der Waals surface area contributed by atoms with Crippen LogP contribution in [0.3, 0.4) is 0 Å². The summed E-state index contributed by atoms with van der Waals surface area (Å²) in [5.74, 6) is 0.930. The molecule has 2 nitrogen and oxygen atoms in total. The number of aliphatic imine (C=N–C) groups is 1. The van der Waals surface area contributed by atoms with Gasteiger partial charge in [-0.1, -0.05) is 30.1 Å². The molecule has 0 radical (unpaired) electrons. The van der Waals surface area contributed by atoms with Crippen LogP contribution in [0.4, 0.5) is 5.69 Å².